The van der Waals surface area contributed by atoms with Crippen LogP contribution < -0.4 is 10.6 Å². The molecule has 0 radical (unpaired) electrons. The van der Waals surface area contributed by atoms with Gasteiger partial charge in [-0.1, -0.05) is 29.4 Å². The third-order valence-electron chi connectivity index (χ3n) is 7.69. The Morgan fingerprint density at radius 1 is 1.00 bits per heavy atom. The van der Waals surface area contributed by atoms with Crippen LogP contribution in [0, 0.1) is 23.2 Å². The van der Waals surface area contributed by atoms with Gasteiger partial charge in [-0.05, 0) is 92.7 Å². The van der Waals surface area contributed by atoms with Crippen LogP contribution in [0.4, 0.5) is 11.4 Å². The van der Waals surface area contributed by atoms with Crippen LogP contribution in [0.5, 0.6) is 0 Å². The molecule has 4 fully saturated rings. The number of fused-ring (bicyclic) bond motifs is 1. The lowest BCUT2D eigenvalue weighted by molar-refractivity contribution is -0.140. The molecule has 4 aliphatic carbocycles. The van der Waals surface area contributed by atoms with Gasteiger partial charge in [0.25, 0.3) is 0 Å². The van der Waals surface area contributed by atoms with Crippen LogP contribution >= 0.6 is 23.4 Å². The lowest BCUT2D eigenvalue weighted by Crippen LogP contribution is -2.51. The van der Waals surface area contributed by atoms with Crippen LogP contribution in [-0.2, 0) is 9.59 Å². The number of H-pyrrole nitrogens is 1. The number of anilines is 2. The van der Waals surface area contributed by atoms with E-state index in [9.17, 15) is 9.59 Å². The van der Waals surface area contributed by atoms with Gasteiger partial charge in [-0.3, -0.25) is 9.59 Å². The van der Waals surface area contributed by atoms with Gasteiger partial charge in [0.05, 0.1) is 22.2 Å². The molecule has 4 bridgehead atoms. The molecule has 0 saturated heterocycles. The Labute approximate surface area is 207 Å². The van der Waals surface area contributed by atoms with Crippen molar-refractivity contribution >= 4 is 57.6 Å². The van der Waals surface area contributed by atoms with E-state index in [1.54, 1.807) is 6.07 Å². The molecule has 0 spiro atoms. The van der Waals surface area contributed by atoms with E-state index in [1.807, 2.05) is 36.4 Å². The number of benzene rings is 2. The maximum atomic E-state index is 13.3. The van der Waals surface area contributed by atoms with E-state index in [0.29, 0.717) is 15.9 Å². The van der Waals surface area contributed by atoms with Crippen molar-refractivity contribution in [3.8, 4) is 0 Å². The Kier molecular flexibility index (Phi) is 5.57. The Hall–Kier alpha value is -2.51. The van der Waals surface area contributed by atoms with E-state index in [0.717, 1.165) is 53.7 Å². The molecular formula is C26H27ClN4O2S. The van der Waals surface area contributed by atoms with Crippen LogP contribution in [0.15, 0.2) is 47.6 Å². The molecule has 0 atom stereocenters. The minimum Gasteiger partial charge on any atom is -0.333 e. The maximum absolute atomic E-state index is 13.3. The van der Waals surface area contributed by atoms with Crippen molar-refractivity contribution < 1.29 is 9.59 Å². The zero-order chi connectivity index (χ0) is 23.3. The summed E-state index contributed by atoms with van der Waals surface area (Å²) in [6.07, 6.45) is 7.04. The highest BCUT2D eigenvalue weighted by Gasteiger charge is 2.54. The number of aromatic nitrogens is 2. The summed E-state index contributed by atoms with van der Waals surface area (Å²) in [5.74, 6) is 2.43. The fourth-order valence-corrected chi connectivity index (χ4v) is 7.54. The quantitative estimate of drug-likeness (QED) is 0.361. The van der Waals surface area contributed by atoms with Crippen molar-refractivity contribution in [2.75, 3.05) is 16.4 Å². The summed E-state index contributed by atoms with van der Waals surface area (Å²) in [4.78, 5) is 33.5. The molecule has 8 heteroatoms. The number of hydrogen-bond acceptors (Lipinski definition) is 4. The number of amides is 2. The van der Waals surface area contributed by atoms with Gasteiger partial charge in [0.2, 0.25) is 11.8 Å². The van der Waals surface area contributed by atoms with Gasteiger partial charge in [-0.15, -0.1) is 0 Å². The fourth-order valence-electron chi connectivity index (χ4n) is 6.68. The summed E-state index contributed by atoms with van der Waals surface area (Å²) in [6.45, 7) is 0. The monoisotopic (exact) mass is 494 g/mol. The zero-order valence-electron chi connectivity index (χ0n) is 18.8. The first-order valence-electron chi connectivity index (χ1n) is 11.9. The Bertz CT molecular complexity index is 1240. The Balaban J connectivity index is 1.07. The number of aromatic amines is 1. The predicted octanol–water partition coefficient (Wildman–Crippen LogP) is 6.10. The third-order valence-corrected chi connectivity index (χ3v) is 8.79. The van der Waals surface area contributed by atoms with E-state index in [1.165, 1.54) is 31.0 Å². The Morgan fingerprint density at radius 3 is 2.38 bits per heavy atom. The van der Waals surface area contributed by atoms with Crippen molar-refractivity contribution in [3.63, 3.8) is 0 Å². The number of carbonyl (C=O) groups excluding carboxylic acids is 2. The van der Waals surface area contributed by atoms with Crippen molar-refractivity contribution in [3.05, 3.63) is 47.5 Å². The number of thioether (sulfide) groups is 1. The normalized spacial score (nSPS) is 27.1. The first-order chi connectivity index (χ1) is 16.4. The number of nitrogens with zero attached hydrogens (tertiary/aromatic N) is 1. The van der Waals surface area contributed by atoms with Gasteiger partial charge in [-0.2, -0.15) is 0 Å². The SMILES string of the molecule is O=C(CSc1nc2ccc(Cl)cc2[nH]1)Nc1cccc(NC(=O)C23CC4CC(CC(C4)C2)C3)c1. The van der Waals surface area contributed by atoms with Crippen LogP contribution in [0.1, 0.15) is 38.5 Å². The third kappa shape index (κ3) is 4.31. The molecule has 7 rings (SSSR count). The molecule has 4 saturated carbocycles. The predicted molar refractivity (Wildman–Crippen MR) is 136 cm³/mol. The lowest BCUT2D eigenvalue weighted by Gasteiger charge is -2.55. The molecule has 2 aromatic carbocycles. The summed E-state index contributed by atoms with van der Waals surface area (Å²) in [5.41, 5.74) is 2.87. The van der Waals surface area contributed by atoms with Gasteiger partial charge in [0.1, 0.15) is 0 Å². The van der Waals surface area contributed by atoms with Crippen molar-refractivity contribution in [1.29, 1.82) is 0 Å². The number of nitrogens with one attached hydrogen (secondary N) is 3. The van der Waals surface area contributed by atoms with E-state index < -0.39 is 0 Å². The molecule has 3 aromatic rings. The second kappa shape index (κ2) is 8.61. The Morgan fingerprint density at radius 2 is 1.68 bits per heavy atom. The minimum atomic E-state index is -0.193. The summed E-state index contributed by atoms with van der Waals surface area (Å²) in [5, 5.41) is 7.41. The van der Waals surface area contributed by atoms with Crippen molar-refractivity contribution in [1.82, 2.24) is 9.97 Å². The molecule has 0 aliphatic heterocycles. The summed E-state index contributed by atoms with van der Waals surface area (Å²) in [7, 11) is 0. The van der Waals surface area contributed by atoms with Gasteiger partial charge < -0.3 is 15.6 Å². The van der Waals surface area contributed by atoms with Crippen molar-refractivity contribution in [2.45, 2.75) is 43.7 Å². The molecule has 34 heavy (non-hydrogen) atoms. The standard InChI is InChI=1S/C26H27ClN4O2S/c27-18-4-5-21-22(9-18)31-25(30-21)34-14-23(32)28-19-2-1-3-20(10-19)29-24(33)26-11-15-6-16(12-26)8-17(7-15)13-26/h1-5,9-10,15-17H,6-8,11-14H2,(H,28,32)(H,29,33)(H,30,31). The lowest BCUT2D eigenvalue weighted by atomic mass is 9.49. The van der Waals surface area contributed by atoms with Crippen molar-refractivity contribution in [2.24, 2.45) is 23.2 Å². The molecule has 0 unspecified atom stereocenters. The summed E-state index contributed by atoms with van der Waals surface area (Å²) < 4.78 is 0. The van der Waals surface area contributed by atoms with Gasteiger partial charge in [-0.25, -0.2) is 4.98 Å². The summed E-state index contributed by atoms with van der Waals surface area (Å²) in [6, 6.07) is 12.9. The highest BCUT2D eigenvalue weighted by molar-refractivity contribution is 7.99. The fraction of sp³-hybridized carbons (Fsp3) is 0.423. The topological polar surface area (TPSA) is 86.9 Å². The van der Waals surface area contributed by atoms with Crippen LogP contribution in [0.3, 0.4) is 0 Å². The number of hydrogen-bond donors (Lipinski definition) is 3. The molecular weight excluding hydrogens is 468 g/mol. The average molecular weight is 495 g/mol. The summed E-state index contributed by atoms with van der Waals surface area (Å²) >= 11 is 7.36. The zero-order valence-corrected chi connectivity index (χ0v) is 20.3. The molecule has 2 amide bonds. The number of carbonyl (C=O) groups is 2. The second-order valence-corrected chi connectivity index (χ2v) is 11.7. The first kappa shape index (κ1) is 22.0. The number of imidazole rings is 1. The molecule has 1 heterocycles. The van der Waals surface area contributed by atoms with E-state index in [2.05, 4.69) is 20.6 Å². The maximum Gasteiger partial charge on any atom is 0.234 e. The van der Waals surface area contributed by atoms with E-state index in [-0.39, 0.29) is 23.0 Å². The van der Waals surface area contributed by atoms with Gasteiger partial charge in [0.15, 0.2) is 5.16 Å². The highest BCUT2D eigenvalue weighted by atomic mass is 35.5. The highest BCUT2D eigenvalue weighted by Crippen LogP contribution is 2.60. The molecule has 4 aliphatic rings. The molecule has 3 N–H and O–H groups in total. The first-order valence-corrected chi connectivity index (χ1v) is 13.3. The van der Waals surface area contributed by atoms with E-state index >= 15 is 0 Å². The van der Waals surface area contributed by atoms with Crippen LogP contribution in [-0.4, -0.2) is 27.5 Å². The molecule has 176 valence electrons. The van der Waals surface area contributed by atoms with Gasteiger partial charge in [0, 0.05) is 16.4 Å². The second-order valence-electron chi connectivity index (χ2n) is 10.3. The average Bonchev–Trinajstić information content (AvgIpc) is 3.19. The molecule has 1 aromatic heterocycles. The van der Waals surface area contributed by atoms with Crippen LogP contribution in [0.25, 0.3) is 11.0 Å². The minimum absolute atomic E-state index is 0.131. The molecule has 6 nitrogen and oxygen atoms in total. The largest absolute Gasteiger partial charge is 0.333 e. The number of rotatable bonds is 6. The van der Waals surface area contributed by atoms with Gasteiger partial charge >= 0.3 is 0 Å². The number of halogens is 1. The smallest absolute Gasteiger partial charge is 0.234 e. The van der Waals surface area contributed by atoms with E-state index in [4.69, 9.17) is 11.6 Å². The van der Waals surface area contributed by atoms with Crippen LogP contribution in [0.2, 0.25) is 5.02 Å².